The molecule has 2 heterocycles. The molecule has 0 saturated carbocycles. The summed E-state index contributed by atoms with van der Waals surface area (Å²) in [5, 5.41) is 9.35. The summed E-state index contributed by atoms with van der Waals surface area (Å²) >= 11 is 0. The van der Waals surface area contributed by atoms with Crippen LogP contribution in [0.2, 0.25) is 0 Å². The molecule has 1 N–H and O–H groups in total. The molecule has 6 nitrogen and oxygen atoms in total. The minimum absolute atomic E-state index is 0.0247. The molecule has 1 aliphatic carbocycles. The van der Waals surface area contributed by atoms with Gasteiger partial charge in [0.25, 0.3) is 0 Å². The molecule has 0 spiro atoms. The first-order chi connectivity index (χ1) is 13.1. The van der Waals surface area contributed by atoms with E-state index in [2.05, 4.69) is 6.08 Å². The fourth-order valence-corrected chi connectivity index (χ4v) is 4.61. The van der Waals surface area contributed by atoms with Crippen LogP contribution in [0.5, 0.6) is 0 Å². The zero-order valence-corrected chi connectivity index (χ0v) is 15.2. The van der Waals surface area contributed by atoms with E-state index in [4.69, 9.17) is 0 Å². The van der Waals surface area contributed by atoms with Gasteiger partial charge in [0.2, 0.25) is 11.8 Å². The van der Waals surface area contributed by atoms with Crippen LogP contribution in [0, 0.1) is 0 Å². The van der Waals surface area contributed by atoms with Gasteiger partial charge < -0.3 is 14.9 Å². The molecule has 4 rings (SSSR count). The second-order valence-corrected chi connectivity index (χ2v) is 7.57. The molecule has 6 heteroatoms. The van der Waals surface area contributed by atoms with Crippen molar-refractivity contribution in [3.05, 3.63) is 41.5 Å². The van der Waals surface area contributed by atoms with Gasteiger partial charge in [0.1, 0.15) is 12.1 Å². The Morgan fingerprint density at radius 1 is 1.00 bits per heavy atom. The number of carbonyl (C=O) groups excluding carboxylic acids is 2. The van der Waals surface area contributed by atoms with Crippen LogP contribution in [0.4, 0.5) is 0 Å². The van der Waals surface area contributed by atoms with Crippen molar-refractivity contribution in [1.82, 2.24) is 9.80 Å². The van der Waals surface area contributed by atoms with E-state index in [1.54, 1.807) is 4.90 Å². The number of carboxylic acid groups (broad SMARTS) is 1. The van der Waals surface area contributed by atoms with Gasteiger partial charge in [-0.3, -0.25) is 9.59 Å². The predicted octanol–water partition coefficient (Wildman–Crippen LogP) is 2.25. The fourth-order valence-electron chi connectivity index (χ4n) is 4.61. The van der Waals surface area contributed by atoms with Gasteiger partial charge in [0, 0.05) is 25.4 Å². The summed E-state index contributed by atoms with van der Waals surface area (Å²) in [7, 11) is 0. The summed E-state index contributed by atoms with van der Waals surface area (Å²) in [4.78, 5) is 40.5. The molecule has 3 atom stereocenters. The lowest BCUT2D eigenvalue weighted by molar-refractivity contribution is -0.151. The van der Waals surface area contributed by atoms with Crippen LogP contribution in [-0.4, -0.2) is 57.9 Å². The van der Waals surface area contributed by atoms with Crippen molar-refractivity contribution in [2.45, 2.75) is 50.1 Å². The monoisotopic (exact) mass is 368 g/mol. The van der Waals surface area contributed by atoms with E-state index >= 15 is 0 Å². The van der Waals surface area contributed by atoms with Crippen LogP contribution in [0.1, 0.15) is 49.1 Å². The van der Waals surface area contributed by atoms with Crippen molar-refractivity contribution in [2.75, 3.05) is 13.1 Å². The molecule has 1 aromatic carbocycles. The van der Waals surface area contributed by atoms with Gasteiger partial charge in [0.05, 0.1) is 0 Å². The van der Waals surface area contributed by atoms with Gasteiger partial charge in [-0.2, -0.15) is 0 Å². The van der Waals surface area contributed by atoms with Crippen LogP contribution >= 0.6 is 0 Å². The zero-order chi connectivity index (χ0) is 19.0. The molecular formula is C21H24N2O4. The summed E-state index contributed by atoms with van der Waals surface area (Å²) in [5.74, 6) is -1.13. The number of fused-ring (bicyclic) bond motifs is 1. The summed E-state index contributed by atoms with van der Waals surface area (Å²) in [6.07, 6.45) is 7.03. The number of aliphatic carboxylic acids is 1. The van der Waals surface area contributed by atoms with E-state index < -0.39 is 18.1 Å². The third kappa shape index (κ3) is 3.24. The fraction of sp³-hybridized carbons (Fsp3) is 0.476. The molecule has 142 valence electrons. The molecule has 2 saturated heterocycles. The molecule has 0 bridgehead atoms. The zero-order valence-electron chi connectivity index (χ0n) is 15.2. The number of carboxylic acids is 1. The minimum atomic E-state index is -0.954. The van der Waals surface area contributed by atoms with E-state index in [9.17, 15) is 19.5 Å². The Morgan fingerprint density at radius 2 is 1.70 bits per heavy atom. The summed E-state index contributed by atoms with van der Waals surface area (Å²) < 4.78 is 0. The second kappa shape index (κ2) is 7.18. The van der Waals surface area contributed by atoms with Gasteiger partial charge in [0.15, 0.2) is 0 Å². The van der Waals surface area contributed by atoms with E-state index in [0.29, 0.717) is 38.8 Å². The van der Waals surface area contributed by atoms with Crippen molar-refractivity contribution in [2.24, 2.45) is 0 Å². The van der Waals surface area contributed by atoms with Crippen molar-refractivity contribution >= 4 is 23.9 Å². The maximum Gasteiger partial charge on any atom is 0.326 e. The number of likely N-dealkylation sites (tertiary alicyclic amines) is 2. The maximum atomic E-state index is 13.0. The second-order valence-electron chi connectivity index (χ2n) is 7.57. The van der Waals surface area contributed by atoms with Gasteiger partial charge in [-0.1, -0.05) is 36.4 Å². The molecule has 2 fully saturated rings. The highest BCUT2D eigenvalue weighted by atomic mass is 16.4. The molecule has 3 aliphatic rings. The van der Waals surface area contributed by atoms with Crippen molar-refractivity contribution in [1.29, 1.82) is 0 Å². The SMILES string of the molecule is O=C(O)[C@@H]1CCCN1C(=O)[C@H]1CCCN1C(=O)CC1C=Cc2ccccc21. The number of nitrogens with zero attached hydrogens (tertiary/aromatic N) is 2. The number of amides is 2. The minimum Gasteiger partial charge on any atom is -0.480 e. The van der Waals surface area contributed by atoms with Crippen LogP contribution in [0.15, 0.2) is 30.3 Å². The molecule has 2 amide bonds. The van der Waals surface area contributed by atoms with E-state index in [1.807, 2.05) is 30.3 Å². The Kier molecular flexibility index (Phi) is 4.72. The summed E-state index contributed by atoms with van der Waals surface area (Å²) in [6, 6.07) is 6.78. The molecular weight excluding hydrogens is 344 g/mol. The normalized spacial score (nSPS) is 26.4. The molecule has 1 aromatic rings. The van der Waals surface area contributed by atoms with Gasteiger partial charge in [-0.15, -0.1) is 0 Å². The number of hydrogen-bond acceptors (Lipinski definition) is 3. The lowest BCUT2D eigenvalue weighted by Crippen LogP contribution is -2.51. The van der Waals surface area contributed by atoms with Crippen LogP contribution < -0.4 is 0 Å². The van der Waals surface area contributed by atoms with Gasteiger partial charge >= 0.3 is 5.97 Å². The van der Waals surface area contributed by atoms with E-state index in [1.165, 1.54) is 4.90 Å². The van der Waals surface area contributed by atoms with Crippen molar-refractivity contribution < 1.29 is 19.5 Å². The molecule has 0 aromatic heterocycles. The largest absolute Gasteiger partial charge is 0.480 e. The van der Waals surface area contributed by atoms with Crippen LogP contribution in [-0.2, 0) is 14.4 Å². The lowest BCUT2D eigenvalue weighted by Gasteiger charge is -2.30. The number of allylic oxidation sites excluding steroid dienone is 1. The summed E-state index contributed by atoms with van der Waals surface area (Å²) in [5.41, 5.74) is 2.30. The van der Waals surface area contributed by atoms with Crippen LogP contribution in [0.3, 0.4) is 0 Å². The van der Waals surface area contributed by atoms with Crippen molar-refractivity contribution in [3.8, 4) is 0 Å². The van der Waals surface area contributed by atoms with E-state index in [0.717, 1.165) is 17.5 Å². The average molecular weight is 368 g/mol. The Balaban J connectivity index is 1.45. The first-order valence-corrected chi connectivity index (χ1v) is 9.66. The third-order valence-corrected chi connectivity index (χ3v) is 5.98. The molecule has 2 aliphatic heterocycles. The third-order valence-electron chi connectivity index (χ3n) is 5.98. The lowest BCUT2D eigenvalue weighted by atomic mass is 9.97. The van der Waals surface area contributed by atoms with Gasteiger partial charge in [-0.05, 0) is 36.8 Å². The Labute approximate surface area is 158 Å². The standard InChI is InChI=1S/C21H24N2O4/c24-19(13-15-10-9-14-5-1-2-6-16(14)15)22-11-3-7-17(22)20(25)23-12-4-8-18(23)21(26)27/h1-2,5-6,9-10,15,17-18H,3-4,7-8,11-13H2,(H,26,27)/t15?,17-,18+/m1/s1. The highest BCUT2D eigenvalue weighted by Gasteiger charge is 2.42. The molecule has 0 radical (unpaired) electrons. The number of benzene rings is 1. The number of rotatable bonds is 4. The first kappa shape index (κ1) is 17.8. The Bertz CT molecular complexity index is 803. The number of carbonyl (C=O) groups is 3. The quantitative estimate of drug-likeness (QED) is 0.884. The van der Waals surface area contributed by atoms with Crippen LogP contribution in [0.25, 0.3) is 6.08 Å². The molecule has 27 heavy (non-hydrogen) atoms. The Morgan fingerprint density at radius 3 is 2.48 bits per heavy atom. The summed E-state index contributed by atoms with van der Waals surface area (Å²) in [6.45, 7) is 1.03. The highest BCUT2D eigenvalue weighted by molar-refractivity contribution is 5.91. The maximum absolute atomic E-state index is 13.0. The van der Waals surface area contributed by atoms with Crippen molar-refractivity contribution in [3.63, 3.8) is 0 Å². The first-order valence-electron chi connectivity index (χ1n) is 9.66. The van der Waals surface area contributed by atoms with Gasteiger partial charge in [-0.25, -0.2) is 4.79 Å². The number of hydrogen-bond donors (Lipinski definition) is 1. The topological polar surface area (TPSA) is 77.9 Å². The molecule has 1 unspecified atom stereocenters. The smallest absolute Gasteiger partial charge is 0.326 e. The Hall–Kier alpha value is -2.63. The predicted molar refractivity (Wildman–Crippen MR) is 99.9 cm³/mol. The average Bonchev–Trinajstić information content (AvgIpc) is 3.40. The highest BCUT2D eigenvalue weighted by Crippen LogP contribution is 2.34. The van der Waals surface area contributed by atoms with E-state index in [-0.39, 0.29) is 17.7 Å².